The first-order chi connectivity index (χ1) is 5.99. The fourth-order valence-corrected chi connectivity index (χ4v) is 2.54. The monoisotopic (exact) mass is 183 g/mol. The fraction of sp³-hybridized carbons (Fsp3) is 1.00. The van der Waals surface area contributed by atoms with Crippen molar-refractivity contribution < 1.29 is 0 Å². The number of hydrogen-bond acceptors (Lipinski definition) is 1. The van der Waals surface area contributed by atoms with E-state index in [9.17, 15) is 0 Å². The molecule has 2 N–H and O–H groups in total. The fourth-order valence-electron chi connectivity index (χ4n) is 2.54. The molecule has 13 heavy (non-hydrogen) atoms. The molecular formula is C12H25N. The third-order valence-electron chi connectivity index (χ3n) is 4.33. The molecule has 0 heterocycles. The van der Waals surface area contributed by atoms with Gasteiger partial charge in [-0.25, -0.2) is 0 Å². The molecule has 0 radical (unpaired) electrons. The van der Waals surface area contributed by atoms with Gasteiger partial charge in [0.1, 0.15) is 0 Å². The largest absolute Gasteiger partial charge is 0.325 e. The lowest BCUT2D eigenvalue weighted by atomic mass is 9.66. The zero-order valence-electron chi connectivity index (χ0n) is 9.64. The predicted molar refractivity (Wildman–Crippen MR) is 58.6 cm³/mol. The van der Waals surface area contributed by atoms with Gasteiger partial charge in [0.25, 0.3) is 0 Å². The molecule has 1 fully saturated rings. The van der Waals surface area contributed by atoms with Crippen molar-refractivity contribution in [1.82, 2.24) is 0 Å². The molecule has 78 valence electrons. The van der Waals surface area contributed by atoms with Crippen LogP contribution >= 0.6 is 0 Å². The van der Waals surface area contributed by atoms with Gasteiger partial charge in [0, 0.05) is 5.54 Å². The van der Waals surface area contributed by atoms with Crippen LogP contribution in [-0.2, 0) is 0 Å². The summed E-state index contributed by atoms with van der Waals surface area (Å²) in [6.07, 6.45) is 5.00. The average Bonchev–Trinajstić information content (AvgIpc) is 2.11. The van der Waals surface area contributed by atoms with Crippen LogP contribution in [0, 0.1) is 17.8 Å². The molecule has 1 aliphatic carbocycles. The summed E-state index contributed by atoms with van der Waals surface area (Å²) >= 11 is 0. The maximum Gasteiger partial charge on any atom is 0.0182 e. The summed E-state index contributed by atoms with van der Waals surface area (Å²) < 4.78 is 0. The second-order valence-electron chi connectivity index (χ2n) is 5.24. The van der Waals surface area contributed by atoms with Gasteiger partial charge in [0.2, 0.25) is 0 Å². The summed E-state index contributed by atoms with van der Waals surface area (Å²) in [5.74, 6) is 2.37. The Morgan fingerprint density at radius 3 is 2.46 bits per heavy atom. The first kappa shape index (κ1) is 11.0. The van der Waals surface area contributed by atoms with E-state index in [1.807, 2.05) is 0 Å². The van der Waals surface area contributed by atoms with Gasteiger partial charge in [-0.05, 0) is 37.0 Å². The number of hydrogen-bond donors (Lipinski definition) is 1. The minimum Gasteiger partial charge on any atom is -0.325 e. The molecule has 0 saturated heterocycles. The summed E-state index contributed by atoms with van der Waals surface area (Å²) in [6, 6.07) is 0. The van der Waals surface area contributed by atoms with E-state index in [-0.39, 0.29) is 5.54 Å². The van der Waals surface area contributed by atoms with Crippen LogP contribution in [0.15, 0.2) is 0 Å². The highest BCUT2D eigenvalue weighted by Gasteiger charge is 2.37. The number of rotatable bonds is 2. The average molecular weight is 183 g/mol. The molecule has 0 aromatic heterocycles. The van der Waals surface area contributed by atoms with E-state index in [1.165, 1.54) is 25.7 Å². The van der Waals surface area contributed by atoms with Crippen LogP contribution in [0.2, 0.25) is 0 Å². The van der Waals surface area contributed by atoms with Crippen molar-refractivity contribution >= 4 is 0 Å². The Balaban J connectivity index is 2.61. The zero-order valence-corrected chi connectivity index (χ0v) is 9.64. The number of nitrogens with two attached hydrogens (primary N) is 1. The summed E-state index contributed by atoms with van der Waals surface area (Å²) in [5.41, 5.74) is 6.61. The van der Waals surface area contributed by atoms with Crippen molar-refractivity contribution in [1.29, 1.82) is 0 Å². The molecular weight excluding hydrogens is 158 g/mol. The molecule has 0 amide bonds. The van der Waals surface area contributed by atoms with E-state index < -0.39 is 0 Å². The molecule has 0 aliphatic heterocycles. The highest BCUT2D eigenvalue weighted by molar-refractivity contribution is 4.94. The lowest BCUT2D eigenvalue weighted by molar-refractivity contribution is 0.126. The van der Waals surface area contributed by atoms with Gasteiger partial charge in [-0.15, -0.1) is 0 Å². The third-order valence-corrected chi connectivity index (χ3v) is 4.33. The molecule has 1 heteroatoms. The normalized spacial score (nSPS) is 43.2. The lowest BCUT2D eigenvalue weighted by Crippen LogP contribution is -2.50. The minimum atomic E-state index is 0.140. The summed E-state index contributed by atoms with van der Waals surface area (Å²) in [6.45, 7) is 9.28. The van der Waals surface area contributed by atoms with Crippen molar-refractivity contribution in [2.75, 3.05) is 0 Å². The first-order valence-electron chi connectivity index (χ1n) is 5.78. The van der Waals surface area contributed by atoms with Crippen LogP contribution in [0.5, 0.6) is 0 Å². The predicted octanol–water partition coefficient (Wildman–Crippen LogP) is 3.19. The molecule has 1 rings (SSSR count). The maximum atomic E-state index is 6.47. The lowest BCUT2D eigenvalue weighted by Gasteiger charge is -2.44. The highest BCUT2D eigenvalue weighted by atomic mass is 14.8. The van der Waals surface area contributed by atoms with Gasteiger partial charge >= 0.3 is 0 Å². The van der Waals surface area contributed by atoms with Crippen LogP contribution in [-0.4, -0.2) is 5.54 Å². The van der Waals surface area contributed by atoms with Gasteiger partial charge in [-0.1, -0.05) is 34.1 Å². The molecule has 0 aromatic rings. The van der Waals surface area contributed by atoms with E-state index >= 15 is 0 Å². The van der Waals surface area contributed by atoms with Crippen molar-refractivity contribution in [2.45, 2.75) is 58.9 Å². The van der Waals surface area contributed by atoms with E-state index in [2.05, 4.69) is 27.7 Å². The summed E-state index contributed by atoms with van der Waals surface area (Å²) in [5, 5.41) is 0. The van der Waals surface area contributed by atoms with E-state index in [4.69, 9.17) is 5.73 Å². The highest BCUT2D eigenvalue weighted by Crippen LogP contribution is 2.39. The van der Waals surface area contributed by atoms with Crippen LogP contribution in [0.25, 0.3) is 0 Å². The van der Waals surface area contributed by atoms with Gasteiger partial charge in [-0.2, -0.15) is 0 Å². The van der Waals surface area contributed by atoms with Crippen molar-refractivity contribution in [3.05, 3.63) is 0 Å². The Kier molecular flexibility index (Phi) is 3.39. The van der Waals surface area contributed by atoms with Gasteiger partial charge in [0.05, 0.1) is 0 Å². The van der Waals surface area contributed by atoms with Crippen LogP contribution < -0.4 is 5.73 Å². The molecule has 0 spiro atoms. The summed E-state index contributed by atoms with van der Waals surface area (Å²) in [4.78, 5) is 0. The van der Waals surface area contributed by atoms with E-state index in [0.717, 1.165) is 11.8 Å². The molecule has 4 atom stereocenters. The minimum absolute atomic E-state index is 0.140. The SMILES string of the molecule is CCC(C)C1(N)CCC(C)C(C)C1. The second-order valence-corrected chi connectivity index (χ2v) is 5.24. The summed E-state index contributed by atoms with van der Waals surface area (Å²) in [7, 11) is 0. The molecule has 4 unspecified atom stereocenters. The van der Waals surface area contributed by atoms with Crippen LogP contribution in [0.3, 0.4) is 0 Å². The quantitative estimate of drug-likeness (QED) is 0.699. The zero-order chi connectivity index (χ0) is 10.1. The van der Waals surface area contributed by atoms with Crippen LogP contribution in [0.4, 0.5) is 0 Å². The molecule has 0 bridgehead atoms. The van der Waals surface area contributed by atoms with Gasteiger partial charge in [-0.3, -0.25) is 0 Å². The Bertz CT molecular complexity index is 167. The Morgan fingerprint density at radius 1 is 1.38 bits per heavy atom. The van der Waals surface area contributed by atoms with Gasteiger partial charge in [0.15, 0.2) is 0 Å². The first-order valence-corrected chi connectivity index (χ1v) is 5.78. The van der Waals surface area contributed by atoms with E-state index in [1.54, 1.807) is 0 Å². The Labute approximate surface area is 83.1 Å². The van der Waals surface area contributed by atoms with Crippen molar-refractivity contribution in [2.24, 2.45) is 23.5 Å². The van der Waals surface area contributed by atoms with Crippen molar-refractivity contribution in [3.63, 3.8) is 0 Å². The Morgan fingerprint density at radius 2 is 2.00 bits per heavy atom. The van der Waals surface area contributed by atoms with E-state index in [0.29, 0.717) is 5.92 Å². The van der Waals surface area contributed by atoms with Crippen LogP contribution in [0.1, 0.15) is 53.4 Å². The standard InChI is InChI=1S/C12H25N/c1-5-11(4)12(13)7-6-9(2)10(3)8-12/h9-11H,5-8,13H2,1-4H3. The topological polar surface area (TPSA) is 26.0 Å². The molecule has 1 saturated carbocycles. The maximum absolute atomic E-state index is 6.47. The second kappa shape index (κ2) is 4.00. The Hall–Kier alpha value is -0.0400. The smallest absolute Gasteiger partial charge is 0.0182 e. The molecule has 1 nitrogen and oxygen atoms in total. The third kappa shape index (κ3) is 2.25. The van der Waals surface area contributed by atoms with Crippen molar-refractivity contribution in [3.8, 4) is 0 Å². The molecule has 1 aliphatic rings. The van der Waals surface area contributed by atoms with Gasteiger partial charge < -0.3 is 5.73 Å². The molecule has 0 aromatic carbocycles.